The van der Waals surface area contributed by atoms with Crippen molar-refractivity contribution in [1.29, 1.82) is 5.26 Å². The third-order valence-electron chi connectivity index (χ3n) is 3.81. The van der Waals surface area contributed by atoms with E-state index in [0.717, 1.165) is 17.2 Å². The first kappa shape index (κ1) is 14.3. The molecule has 1 fully saturated rings. The summed E-state index contributed by atoms with van der Waals surface area (Å²) in [5.41, 5.74) is 2.39. The lowest BCUT2D eigenvalue weighted by Crippen LogP contribution is -2.17. The predicted octanol–water partition coefficient (Wildman–Crippen LogP) is 3.75. The van der Waals surface area contributed by atoms with Crippen LogP contribution in [0.4, 0.5) is 17.5 Å². The van der Waals surface area contributed by atoms with E-state index in [2.05, 4.69) is 26.7 Å². The second-order valence-corrected chi connectivity index (χ2v) is 5.66. The summed E-state index contributed by atoms with van der Waals surface area (Å²) in [6.07, 6.45) is 4.92. The van der Waals surface area contributed by atoms with Crippen molar-refractivity contribution in [3.8, 4) is 6.07 Å². The second kappa shape index (κ2) is 6.44. The quantitative estimate of drug-likeness (QED) is 0.898. The first-order chi connectivity index (χ1) is 10.7. The zero-order valence-corrected chi connectivity index (χ0v) is 12.6. The molecule has 112 valence electrons. The maximum absolute atomic E-state index is 8.96. The number of anilines is 3. The summed E-state index contributed by atoms with van der Waals surface area (Å²) in [5, 5.41) is 15.6. The molecule has 0 radical (unpaired) electrons. The van der Waals surface area contributed by atoms with Gasteiger partial charge in [0.1, 0.15) is 5.82 Å². The van der Waals surface area contributed by atoms with Gasteiger partial charge in [-0.05, 0) is 38.0 Å². The van der Waals surface area contributed by atoms with Crippen LogP contribution >= 0.6 is 0 Å². The first-order valence-electron chi connectivity index (χ1n) is 7.62. The minimum Gasteiger partial charge on any atom is -0.351 e. The normalized spacial score (nSPS) is 14.5. The molecule has 0 spiro atoms. The highest BCUT2D eigenvalue weighted by atomic mass is 15.2. The molecule has 5 nitrogen and oxygen atoms in total. The van der Waals surface area contributed by atoms with Gasteiger partial charge < -0.3 is 10.6 Å². The fourth-order valence-electron chi connectivity index (χ4n) is 2.76. The van der Waals surface area contributed by atoms with Crippen molar-refractivity contribution >= 4 is 17.5 Å². The monoisotopic (exact) mass is 293 g/mol. The average molecular weight is 293 g/mol. The van der Waals surface area contributed by atoms with E-state index in [1.165, 1.54) is 25.7 Å². The zero-order valence-electron chi connectivity index (χ0n) is 12.6. The number of aromatic nitrogens is 2. The van der Waals surface area contributed by atoms with Crippen LogP contribution in [0.5, 0.6) is 0 Å². The van der Waals surface area contributed by atoms with Crippen molar-refractivity contribution < 1.29 is 0 Å². The van der Waals surface area contributed by atoms with Crippen molar-refractivity contribution in [1.82, 2.24) is 9.97 Å². The van der Waals surface area contributed by atoms with Gasteiger partial charge in [0.25, 0.3) is 0 Å². The molecule has 0 amide bonds. The maximum atomic E-state index is 8.96. The number of nitrogens with one attached hydrogen (secondary N) is 2. The molecular formula is C17H19N5. The van der Waals surface area contributed by atoms with Gasteiger partial charge in [-0.15, -0.1) is 0 Å². The van der Waals surface area contributed by atoms with E-state index in [0.29, 0.717) is 17.6 Å². The van der Waals surface area contributed by atoms with E-state index in [1.54, 1.807) is 6.07 Å². The van der Waals surface area contributed by atoms with Crippen LogP contribution < -0.4 is 10.6 Å². The number of hydrogen-bond acceptors (Lipinski definition) is 5. The summed E-state index contributed by atoms with van der Waals surface area (Å²) in [4.78, 5) is 8.99. The Bertz CT molecular complexity index is 698. The van der Waals surface area contributed by atoms with Crippen molar-refractivity contribution in [2.75, 3.05) is 10.6 Å². The highest BCUT2D eigenvalue weighted by Gasteiger charge is 2.16. The van der Waals surface area contributed by atoms with Gasteiger partial charge in [-0.3, -0.25) is 0 Å². The smallest absolute Gasteiger partial charge is 0.225 e. The van der Waals surface area contributed by atoms with E-state index in [9.17, 15) is 0 Å². The molecule has 0 unspecified atom stereocenters. The minimum atomic E-state index is 0.483. The number of nitrogens with zero attached hydrogens (tertiary/aromatic N) is 3. The summed E-state index contributed by atoms with van der Waals surface area (Å²) in [6, 6.07) is 11.9. The Hall–Kier alpha value is -2.61. The minimum absolute atomic E-state index is 0.483. The van der Waals surface area contributed by atoms with Crippen molar-refractivity contribution in [2.24, 2.45) is 0 Å². The zero-order chi connectivity index (χ0) is 15.4. The van der Waals surface area contributed by atoms with Gasteiger partial charge in [0, 0.05) is 23.5 Å². The summed E-state index contributed by atoms with van der Waals surface area (Å²) in [5.74, 6) is 1.41. The van der Waals surface area contributed by atoms with Crippen LogP contribution in [0.3, 0.4) is 0 Å². The van der Waals surface area contributed by atoms with E-state index in [4.69, 9.17) is 5.26 Å². The third kappa shape index (κ3) is 3.53. The van der Waals surface area contributed by atoms with Crippen LogP contribution in [0, 0.1) is 18.3 Å². The van der Waals surface area contributed by atoms with Crippen molar-refractivity contribution in [3.05, 3.63) is 41.6 Å². The van der Waals surface area contributed by atoms with E-state index in [-0.39, 0.29) is 0 Å². The van der Waals surface area contributed by atoms with Gasteiger partial charge >= 0.3 is 0 Å². The fraction of sp³-hybridized carbons (Fsp3) is 0.353. The van der Waals surface area contributed by atoms with Crippen LogP contribution in [-0.4, -0.2) is 16.0 Å². The molecule has 0 aliphatic heterocycles. The van der Waals surface area contributed by atoms with Crippen LogP contribution in [-0.2, 0) is 0 Å². The lowest BCUT2D eigenvalue weighted by Gasteiger charge is -2.14. The Kier molecular flexibility index (Phi) is 4.19. The third-order valence-corrected chi connectivity index (χ3v) is 3.81. The topological polar surface area (TPSA) is 73.6 Å². The predicted molar refractivity (Wildman–Crippen MR) is 87.1 cm³/mol. The Morgan fingerprint density at radius 2 is 2.00 bits per heavy atom. The van der Waals surface area contributed by atoms with E-state index in [1.807, 2.05) is 31.2 Å². The summed E-state index contributed by atoms with van der Waals surface area (Å²) < 4.78 is 0. The molecular weight excluding hydrogens is 274 g/mol. The number of aryl methyl sites for hydroxylation is 1. The highest BCUT2D eigenvalue weighted by molar-refractivity contribution is 5.59. The maximum Gasteiger partial charge on any atom is 0.225 e. The number of hydrogen-bond donors (Lipinski definition) is 2. The number of benzene rings is 1. The molecule has 1 aliphatic rings. The lowest BCUT2D eigenvalue weighted by molar-refractivity contribution is 0.743. The fourth-order valence-corrected chi connectivity index (χ4v) is 2.76. The molecule has 1 aromatic carbocycles. The molecule has 0 bridgehead atoms. The van der Waals surface area contributed by atoms with Gasteiger partial charge in [0.15, 0.2) is 0 Å². The van der Waals surface area contributed by atoms with Gasteiger partial charge in [-0.2, -0.15) is 10.2 Å². The Morgan fingerprint density at radius 1 is 1.18 bits per heavy atom. The molecule has 22 heavy (non-hydrogen) atoms. The molecule has 3 rings (SSSR count). The van der Waals surface area contributed by atoms with Crippen LogP contribution in [0.1, 0.15) is 36.9 Å². The molecule has 0 atom stereocenters. The van der Waals surface area contributed by atoms with Crippen molar-refractivity contribution in [2.45, 2.75) is 38.6 Å². The van der Waals surface area contributed by atoms with Gasteiger partial charge in [-0.25, -0.2) is 4.98 Å². The Balaban J connectivity index is 1.78. The molecule has 1 aliphatic carbocycles. The molecule has 2 N–H and O–H groups in total. The number of rotatable bonds is 4. The van der Waals surface area contributed by atoms with Crippen LogP contribution in [0.15, 0.2) is 30.3 Å². The first-order valence-corrected chi connectivity index (χ1v) is 7.62. The summed E-state index contributed by atoms with van der Waals surface area (Å²) >= 11 is 0. The second-order valence-electron chi connectivity index (χ2n) is 5.66. The van der Waals surface area contributed by atoms with E-state index >= 15 is 0 Å². The Labute approximate surface area is 130 Å². The van der Waals surface area contributed by atoms with Crippen molar-refractivity contribution in [3.63, 3.8) is 0 Å². The standard InChI is InChI=1S/C17H19N5/c1-12-9-16(20-15-8-4-5-13(10-15)11-18)22-17(19-12)21-14-6-2-3-7-14/h4-5,8-10,14H,2-3,6-7H2,1H3,(H2,19,20,21,22). The highest BCUT2D eigenvalue weighted by Crippen LogP contribution is 2.22. The summed E-state index contributed by atoms with van der Waals surface area (Å²) in [7, 11) is 0. The van der Waals surface area contributed by atoms with E-state index < -0.39 is 0 Å². The molecule has 2 aromatic rings. The molecule has 1 aromatic heterocycles. The largest absolute Gasteiger partial charge is 0.351 e. The van der Waals surface area contributed by atoms with Gasteiger partial charge in [0.05, 0.1) is 11.6 Å². The lowest BCUT2D eigenvalue weighted by atomic mass is 10.2. The molecule has 1 heterocycles. The SMILES string of the molecule is Cc1cc(Nc2cccc(C#N)c2)nc(NC2CCCC2)n1. The summed E-state index contributed by atoms with van der Waals surface area (Å²) in [6.45, 7) is 1.96. The molecule has 0 saturated heterocycles. The molecule has 1 saturated carbocycles. The molecule has 5 heteroatoms. The van der Waals surface area contributed by atoms with Gasteiger partial charge in [0.2, 0.25) is 5.95 Å². The van der Waals surface area contributed by atoms with Crippen LogP contribution in [0.2, 0.25) is 0 Å². The Morgan fingerprint density at radius 3 is 2.77 bits per heavy atom. The van der Waals surface area contributed by atoms with Gasteiger partial charge in [-0.1, -0.05) is 18.9 Å². The number of nitriles is 1. The average Bonchev–Trinajstić information content (AvgIpc) is 2.99. The van der Waals surface area contributed by atoms with Crippen LogP contribution in [0.25, 0.3) is 0 Å².